The number of aryl methyl sites for hydroxylation is 2. The van der Waals surface area contributed by atoms with Gasteiger partial charge in [-0.3, -0.25) is 0 Å². The SMILES string of the molecule is CCOC(=O)N1CCC(Nc2nc(-c3cc(OCCCNC)ccc3Cl)nc(-c3c(C)noc3C)c2Cl)C1. The van der Waals surface area contributed by atoms with E-state index in [0.717, 1.165) is 13.0 Å². The maximum Gasteiger partial charge on any atom is 0.409 e. The zero-order chi connectivity index (χ0) is 27.2. The number of carbonyl (C=O) groups excluding carboxylic acids is 1. The Bertz CT molecular complexity index is 1270. The summed E-state index contributed by atoms with van der Waals surface area (Å²) in [6.07, 6.45) is 1.24. The molecule has 12 heteroatoms. The van der Waals surface area contributed by atoms with Crippen molar-refractivity contribution in [1.82, 2.24) is 25.3 Å². The molecule has 0 radical (unpaired) electrons. The smallest absolute Gasteiger partial charge is 0.409 e. The van der Waals surface area contributed by atoms with Gasteiger partial charge in [0.2, 0.25) is 0 Å². The summed E-state index contributed by atoms with van der Waals surface area (Å²) in [6.45, 7) is 8.20. The molecular weight excluding hydrogens is 531 g/mol. The van der Waals surface area contributed by atoms with Crippen LogP contribution in [0.1, 0.15) is 31.2 Å². The molecule has 4 rings (SSSR count). The first-order chi connectivity index (χ1) is 18.3. The third kappa shape index (κ3) is 6.31. The van der Waals surface area contributed by atoms with Crippen molar-refractivity contribution < 1.29 is 18.8 Å². The minimum Gasteiger partial charge on any atom is -0.494 e. The zero-order valence-electron chi connectivity index (χ0n) is 21.9. The Labute approximate surface area is 232 Å². The van der Waals surface area contributed by atoms with Gasteiger partial charge in [0.1, 0.15) is 28.0 Å². The van der Waals surface area contributed by atoms with E-state index in [-0.39, 0.29) is 12.1 Å². The molecule has 2 aromatic heterocycles. The van der Waals surface area contributed by atoms with Gasteiger partial charge in [-0.25, -0.2) is 14.8 Å². The fourth-order valence-corrected chi connectivity index (χ4v) is 4.74. The number of benzene rings is 1. The molecule has 1 aliphatic heterocycles. The second-order valence-electron chi connectivity index (χ2n) is 8.98. The fraction of sp³-hybridized carbons (Fsp3) is 0.462. The van der Waals surface area contributed by atoms with Crippen LogP contribution in [0.2, 0.25) is 10.0 Å². The van der Waals surface area contributed by atoms with Crippen LogP contribution in [0, 0.1) is 13.8 Å². The van der Waals surface area contributed by atoms with Gasteiger partial charge in [-0.1, -0.05) is 28.4 Å². The molecule has 0 saturated carbocycles. The number of hydrogen-bond donors (Lipinski definition) is 2. The Kier molecular flexibility index (Phi) is 9.30. The summed E-state index contributed by atoms with van der Waals surface area (Å²) in [7, 11) is 1.90. The van der Waals surface area contributed by atoms with Crippen LogP contribution < -0.4 is 15.4 Å². The fourth-order valence-electron chi connectivity index (χ4n) is 4.31. The molecule has 1 aliphatic rings. The van der Waals surface area contributed by atoms with Gasteiger partial charge in [0.15, 0.2) is 5.82 Å². The van der Waals surface area contributed by atoms with E-state index in [4.69, 9.17) is 47.2 Å². The molecule has 2 N–H and O–H groups in total. The molecule has 10 nitrogen and oxygen atoms in total. The van der Waals surface area contributed by atoms with Crippen molar-refractivity contribution in [2.24, 2.45) is 0 Å². The van der Waals surface area contributed by atoms with Gasteiger partial charge in [0, 0.05) is 24.7 Å². The summed E-state index contributed by atoms with van der Waals surface area (Å²) in [4.78, 5) is 23.4. The number of ether oxygens (including phenoxy) is 2. The largest absolute Gasteiger partial charge is 0.494 e. The van der Waals surface area contributed by atoms with Crippen molar-refractivity contribution in [3.05, 3.63) is 39.7 Å². The predicted octanol–water partition coefficient (Wildman–Crippen LogP) is 5.35. The standard InChI is InChI=1S/C26H32Cl2N6O4/c1-5-36-26(35)34-11-9-17(14-34)30-25-22(28)23(21-15(2)33-38-16(21)3)31-24(32-25)19-13-18(7-8-20(19)27)37-12-6-10-29-4/h7-8,13,17,29H,5-6,9-12,14H2,1-4H3,(H,30,31,32). The topological polar surface area (TPSA) is 115 Å². The van der Waals surface area contributed by atoms with Crippen LogP contribution in [0.3, 0.4) is 0 Å². The van der Waals surface area contributed by atoms with Gasteiger partial charge in [0.05, 0.1) is 29.5 Å². The van der Waals surface area contributed by atoms with Gasteiger partial charge in [-0.05, 0) is 65.4 Å². The average Bonchev–Trinajstić information content (AvgIpc) is 3.50. The summed E-state index contributed by atoms with van der Waals surface area (Å²) in [6, 6.07) is 5.33. The molecule has 1 atom stereocenters. The van der Waals surface area contributed by atoms with Crippen LogP contribution in [0.5, 0.6) is 5.75 Å². The monoisotopic (exact) mass is 562 g/mol. The molecule has 1 fully saturated rings. The van der Waals surface area contributed by atoms with Crippen LogP contribution in [-0.2, 0) is 4.74 Å². The van der Waals surface area contributed by atoms with Crippen molar-refractivity contribution in [3.63, 3.8) is 0 Å². The van der Waals surface area contributed by atoms with Crippen LogP contribution in [-0.4, -0.2) is 72.1 Å². The van der Waals surface area contributed by atoms with E-state index < -0.39 is 0 Å². The minimum absolute atomic E-state index is 0.0745. The van der Waals surface area contributed by atoms with Crippen molar-refractivity contribution in [3.8, 4) is 28.4 Å². The van der Waals surface area contributed by atoms with Crippen LogP contribution in [0.4, 0.5) is 10.6 Å². The molecule has 3 aromatic rings. The quantitative estimate of drug-likeness (QED) is 0.315. The first-order valence-corrected chi connectivity index (χ1v) is 13.3. The highest BCUT2D eigenvalue weighted by molar-refractivity contribution is 6.35. The van der Waals surface area contributed by atoms with Gasteiger partial charge >= 0.3 is 6.09 Å². The number of nitrogens with zero attached hydrogens (tertiary/aromatic N) is 4. The number of halogens is 2. The van der Waals surface area contributed by atoms with Crippen LogP contribution in [0.15, 0.2) is 22.7 Å². The summed E-state index contributed by atoms with van der Waals surface area (Å²) < 4.78 is 16.5. The lowest BCUT2D eigenvalue weighted by Crippen LogP contribution is -2.32. The maximum atomic E-state index is 12.2. The molecular formula is C26H32Cl2N6O4. The molecule has 1 aromatic carbocycles. The Morgan fingerprint density at radius 1 is 1.26 bits per heavy atom. The van der Waals surface area contributed by atoms with E-state index in [1.807, 2.05) is 26.1 Å². The number of hydrogen-bond acceptors (Lipinski definition) is 9. The van der Waals surface area contributed by atoms with E-state index in [9.17, 15) is 4.79 Å². The van der Waals surface area contributed by atoms with Crippen molar-refractivity contribution in [1.29, 1.82) is 0 Å². The Hall–Kier alpha value is -3.08. The number of amides is 1. The number of anilines is 1. The number of likely N-dealkylation sites (tertiary alicyclic amines) is 1. The number of nitrogens with one attached hydrogen (secondary N) is 2. The zero-order valence-corrected chi connectivity index (χ0v) is 23.4. The van der Waals surface area contributed by atoms with Gasteiger partial charge in [-0.15, -0.1) is 0 Å². The molecule has 1 unspecified atom stereocenters. The normalized spacial score (nSPS) is 15.1. The highest BCUT2D eigenvalue weighted by Gasteiger charge is 2.29. The number of rotatable bonds is 10. The van der Waals surface area contributed by atoms with Gasteiger partial charge in [0.25, 0.3) is 0 Å². The van der Waals surface area contributed by atoms with Gasteiger partial charge in [-0.2, -0.15) is 0 Å². The lowest BCUT2D eigenvalue weighted by molar-refractivity contribution is 0.115. The lowest BCUT2D eigenvalue weighted by atomic mass is 10.1. The van der Waals surface area contributed by atoms with Crippen LogP contribution in [0.25, 0.3) is 22.6 Å². The second-order valence-corrected chi connectivity index (χ2v) is 9.76. The summed E-state index contributed by atoms with van der Waals surface area (Å²) in [5, 5.41) is 11.4. The Morgan fingerprint density at radius 2 is 2.08 bits per heavy atom. The lowest BCUT2D eigenvalue weighted by Gasteiger charge is -2.19. The second kappa shape index (κ2) is 12.6. The van der Waals surface area contributed by atoms with Gasteiger partial charge < -0.3 is 29.5 Å². The van der Waals surface area contributed by atoms with E-state index in [1.165, 1.54) is 0 Å². The number of carbonyl (C=O) groups is 1. The summed E-state index contributed by atoms with van der Waals surface area (Å²) in [5.74, 6) is 2.05. The molecule has 0 bridgehead atoms. The van der Waals surface area contributed by atoms with E-state index in [1.54, 1.807) is 24.8 Å². The maximum absolute atomic E-state index is 12.2. The summed E-state index contributed by atoms with van der Waals surface area (Å²) >= 11 is 13.5. The minimum atomic E-state index is -0.332. The molecule has 38 heavy (non-hydrogen) atoms. The molecule has 3 heterocycles. The highest BCUT2D eigenvalue weighted by atomic mass is 35.5. The average molecular weight is 563 g/mol. The van der Waals surface area contributed by atoms with Crippen LogP contribution >= 0.6 is 23.2 Å². The third-order valence-corrected chi connectivity index (χ3v) is 6.88. The molecule has 1 saturated heterocycles. The number of aromatic nitrogens is 3. The summed E-state index contributed by atoms with van der Waals surface area (Å²) in [5.41, 5.74) is 2.43. The van der Waals surface area contributed by atoms with Crippen molar-refractivity contribution in [2.45, 2.75) is 39.7 Å². The van der Waals surface area contributed by atoms with E-state index in [2.05, 4.69) is 15.8 Å². The highest BCUT2D eigenvalue weighted by Crippen LogP contribution is 2.39. The Morgan fingerprint density at radius 3 is 2.79 bits per heavy atom. The molecule has 0 spiro atoms. The predicted molar refractivity (Wildman–Crippen MR) is 147 cm³/mol. The first kappa shape index (κ1) is 27.9. The van der Waals surface area contributed by atoms with Crippen molar-refractivity contribution in [2.75, 3.05) is 45.2 Å². The van der Waals surface area contributed by atoms with Crippen molar-refractivity contribution >= 4 is 35.1 Å². The molecule has 204 valence electrons. The third-order valence-electron chi connectivity index (χ3n) is 6.20. The van der Waals surface area contributed by atoms with E-state index in [0.29, 0.717) is 88.4 Å². The first-order valence-electron chi connectivity index (χ1n) is 12.6. The Balaban J connectivity index is 1.71. The van der Waals surface area contributed by atoms with E-state index >= 15 is 0 Å². The molecule has 1 amide bonds. The molecule has 0 aliphatic carbocycles.